The van der Waals surface area contributed by atoms with Crippen molar-refractivity contribution in [2.45, 2.75) is 52.1 Å². The summed E-state index contributed by atoms with van der Waals surface area (Å²) >= 11 is 0. The van der Waals surface area contributed by atoms with Gasteiger partial charge in [0.15, 0.2) is 0 Å². The summed E-state index contributed by atoms with van der Waals surface area (Å²) in [5, 5.41) is 0. The van der Waals surface area contributed by atoms with Crippen LogP contribution in [0.1, 0.15) is 57.6 Å². The third-order valence-electron chi connectivity index (χ3n) is 5.63. The Labute approximate surface area is 181 Å². The van der Waals surface area contributed by atoms with Crippen molar-refractivity contribution < 1.29 is 9.47 Å². The van der Waals surface area contributed by atoms with E-state index in [1.165, 1.54) is 53.5 Å². The zero-order valence-corrected chi connectivity index (χ0v) is 18.6. The highest BCUT2D eigenvalue weighted by molar-refractivity contribution is 5.83. The molecule has 158 valence electrons. The Bertz CT molecular complexity index is 881. The first kappa shape index (κ1) is 22.1. The van der Waals surface area contributed by atoms with E-state index in [0.29, 0.717) is 0 Å². The molecule has 0 aliphatic rings. The van der Waals surface area contributed by atoms with Gasteiger partial charge in [-0.3, -0.25) is 0 Å². The van der Waals surface area contributed by atoms with Gasteiger partial charge in [0.2, 0.25) is 0 Å². The smallest absolute Gasteiger partial charge is 0.118 e. The van der Waals surface area contributed by atoms with Crippen LogP contribution in [0.2, 0.25) is 0 Å². The second-order valence-electron chi connectivity index (χ2n) is 7.82. The second kappa shape index (κ2) is 11.6. The molecule has 1 atom stereocenters. The van der Waals surface area contributed by atoms with E-state index in [2.05, 4.69) is 74.5 Å². The van der Waals surface area contributed by atoms with Crippen LogP contribution in [0.5, 0.6) is 5.75 Å². The summed E-state index contributed by atoms with van der Waals surface area (Å²) in [4.78, 5) is 0. The minimum Gasteiger partial charge on any atom is -0.497 e. The van der Waals surface area contributed by atoms with Crippen LogP contribution < -0.4 is 4.74 Å². The molecule has 2 nitrogen and oxygen atoms in total. The van der Waals surface area contributed by atoms with E-state index in [1.54, 1.807) is 7.11 Å². The molecule has 30 heavy (non-hydrogen) atoms. The number of hydrogen-bond donors (Lipinski definition) is 0. The van der Waals surface area contributed by atoms with Crippen LogP contribution in [0, 0.1) is 0 Å². The molecule has 0 amide bonds. The fourth-order valence-electron chi connectivity index (χ4n) is 3.75. The van der Waals surface area contributed by atoms with Crippen molar-refractivity contribution in [3.05, 3.63) is 78.4 Å². The maximum atomic E-state index is 6.06. The Hall–Kier alpha value is -2.58. The van der Waals surface area contributed by atoms with E-state index in [4.69, 9.17) is 9.47 Å². The van der Waals surface area contributed by atoms with Crippen LogP contribution in [-0.2, 0) is 4.74 Å². The highest BCUT2D eigenvalue weighted by atomic mass is 16.5. The van der Waals surface area contributed by atoms with Crippen molar-refractivity contribution in [3.63, 3.8) is 0 Å². The molecule has 0 spiro atoms. The molecule has 0 radical (unpaired) electrons. The van der Waals surface area contributed by atoms with Gasteiger partial charge >= 0.3 is 0 Å². The molecule has 3 aromatic carbocycles. The van der Waals surface area contributed by atoms with Gasteiger partial charge in [-0.05, 0) is 53.3 Å². The lowest BCUT2D eigenvalue weighted by Gasteiger charge is -2.15. The van der Waals surface area contributed by atoms with E-state index in [9.17, 15) is 0 Å². The van der Waals surface area contributed by atoms with E-state index in [-0.39, 0.29) is 6.10 Å². The zero-order chi connectivity index (χ0) is 21.2. The lowest BCUT2D eigenvalue weighted by molar-refractivity contribution is 0.0627. The summed E-state index contributed by atoms with van der Waals surface area (Å²) in [6.07, 6.45) is 6.47. The number of rotatable bonds is 11. The van der Waals surface area contributed by atoms with Gasteiger partial charge in [0, 0.05) is 6.61 Å². The van der Waals surface area contributed by atoms with Gasteiger partial charge in [0.1, 0.15) is 5.75 Å². The Kier molecular flexibility index (Phi) is 8.53. The standard InChI is InChI=1S/C28H34O2/c1-4-5-6-7-10-21-30-22(2)23-13-15-24(16-14-23)27-11-8-9-12-28(27)25-17-19-26(29-3)20-18-25/h8-9,11-20,22H,4-7,10,21H2,1-3H3. The van der Waals surface area contributed by atoms with Crippen LogP contribution in [0.4, 0.5) is 0 Å². The molecule has 0 aliphatic heterocycles. The highest BCUT2D eigenvalue weighted by Gasteiger charge is 2.10. The fourth-order valence-corrected chi connectivity index (χ4v) is 3.75. The maximum Gasteiger partial charge on any atom is 0.118 e. The van der Waals surface area contributed by atoms with Gasteiger partial charge in [-0.15, -0.1) is 0 Å². The Morgan fingerprint density at radius 3 is 1.83 bits per heavy atom. The normalized spacial score (nSPS) is 12.0. The molecule has 0 saturated heterocycles. The number of hydrogen-bond acceptors (Lipinski definition) is 2. The van der Waals surface area contributed by atoms with E-state index < -0.39 is 0 Å². The minimum absolute atomic E-state index is 0.127. The first-order chi connectivity index (χ1) is 14.7. The predicted molar refractivity (Wildman–Crippen MR) is 127 cm³/mol. The van der Waals surface area contributed by atoms with Crippen LogP contribution in [-0.4, -0.2) is 13.7 Å². The number of benzene rings is 3. The van der Waals surface area contributed by atoms with Gasteiger partial charge in [-0.25, -0.2) is 0 Å². The average molecular weight is 403 g/mol. The van der Waals surface area contributed by atoms with Gasteiger partial charge in [-0.1, -0.05) is 93.3 Å². The van der Waals surface area contributed by atoms with Crippen molar-refractivity contribution in [1.29, 1.82) is 0 Å². The largest absolute Gasteiger partial charge is 0.497 e. The lowest BCUT2D eigenvalue weighted by atomic mass is 9.94. The first-order valence-electron chi connectivity index (χ1n) is 11.2. The summed E-state index contributed by atoms with van der Waals surface area (Å²) < 4.78 is 11.4. The molecule has 3 aromatic rings. The molecule has 1 unspecified atom stereocenters. The van der Waals surface area contributed by atoms with Crippen LogP contribution >= 0.6 is 0 Å². The number of methoxy groups -OCH3 is 1. The van der Waals surface area contributed by atoms with Gasteiger partial charge in [0.25, 0.3) is 0 Å². The fraction of sp³-hybridized carbons (Fsp3) is 0.357. The van der Waals surface area contributed by atoms with Crippen molar-refractivity contribution >= 4 is 0 Å². The van der Waals surface area contributed by atoms with Crippen molar-refractivity contribution in [2.24, 2.45) is 0 Å². The topological polar surface area (TPSA) is 18.5 Å². The molecule has 0 heterocycles. The molecule has 0 bridgehead atoms. The number of ether oxygens (including phenoxy) is 2. The van der Waals surface area contributed by atoms with Gasteiger partial charge < -0.3 is 9.47 Å². The van der Waals surface area contributed by atoms with Crippen molar-refractivity contribution in [2.75, 3.05) is 13.7 Å². The van der Waals surface area contributed by atoms with Crippen LogP contribution in [0.15, 0.2) is 72.8 Å². The minimum atomic E-state index is 0.127. The lowest BCUT2D eigenvalue weighted by Crippen LogP contribution is -2.01. The molecule has 0 saturated carbocycles. The van der Waals surface area contributed by atoms with E-state index in [0.717, 1.165) is 18.8 Å². The molecule has 0 aromatic heterocycles. The third kappa shape index (κ3) is 5.96. The molecule has 0 aliphatic carbocycles. The molecule has 0 N–H and O–H groups in total. The molecule has 3 rings (SSSR count). The monoisotopic (exact) mass is 402 g/mol. The zero-order valence-electron chi connectivity index (χ0n) is 18.6. The average Bonchev–Trinajstić information content (AvgIpc) is 2.81. The van der Waals surface area contributed by atoms with Crippen molar-refractivity contribution in [1.82, 2.24) is 0 Å². The van der Waals surface area contributed by atoms with E-state index in [1.807, 2.05) is 12.1 Å². The van der Waals surface area contributed by atoms with Crippen molar-refractivity contribution in [3.8, 4) is 28.0 Å². The predicted octanol–water partition coefficient (Wildman–Crippen LogP) is 8.08. The molecular weight excluding hydrogens is 368 g/mol. The maximum absolute atomic E-state index is 6.06. The molecule has 0 fully saturated rings. The SMILES string of the molecule is CCCCCCCOC(C)c1ccc(-c2ccccc2-c2ccc(OC)cc2)cc1. The Morgan fingerprint density at radius 1 is 0.700 bits per heavy atom. The van der Waals surface area contributed by atoms with Gasteiger partial charge in [-0.2, -0.15) is 0 Å². The second-order valence-corrected chi connectivity index (χ2v) is 7.82. The van der Waals surface area contributed by atoms with E-state index >= 15 is 0 Å². The van der Waals surface area contributed by atoms with Crippen LogP contribution in [0.3, 0.4) is 0 Å². The van der Waals surface area contributed by atoms with Crippen LogP contribution in [0.25, 0.3) is 22.3 Å². The molecule has 2 heteroatoms. The molecular formula is C28H34O2. The highest BCUT2D eigenvalue weighted by Crippen LogP contribution is 2.33. The quantitative estimate of drug-likeness (QED) is 0.302. The Balaban J connectivity index is 1.67. The summed E-state index contributed by atoms with van der Waals surface area (Å²) in [5.74, 6) is 0.875. The summed E-state index contributed by atoms with van der Waals surface area (Å²) in [7, 11) is 1.70. The summed E-state index contributed by atoms with van der Waals surface area (Å²) in [6, 6.07) is 25.6. The Morgan fingerprint density at radius 2 is 1.27 bits per heavy atom. The summed E-state index contributed by atoms with van der Waals surface area (Å²) in [6.45, 7) is 5.23. The number of unbranched alkanes of at least 4 members (excludes halogenated alkanes) is 4. The first-order valence-corrected chi connectivity index (χ1v) is 11.2. The third-order valence-corrected chi connectivity index (χ3v) is 5.63. The summed E-state index contributed by atoms with van der Waals surface area (Å²) in [5.41, 5.74) is 6.10. The van der Waals surface area contributed by atoms with Gasteiger partial charge in [0.05, 0.1) is 13.2 Å².